The minimum atomic E-state index is -0.667. The van der Waals surface area contributed by atoms with Crippen molar-refractivity contribution in [2.45, 2.75) is 70.3 Å². The van der Waals surface area contributed by atoms with Crippen LogP contribution in [0.5, 0.6) is 0 Å². The Hall–Kier alpha value is -2.45. The Morgan fingerprint density at radius 1 is 1.33 bits per heavy atom. The first-order valence-corrected chi connectivity index (χ1v) is 9.64. The highest BCUT2D eigenvalue weighted by Crippen LogP contribution is 2.34. The predicted molar refractivity (Wildman–Crippen MR) is 95.8 cm³/mol. The number of nitrogens with zero attached hydrogens (tertiary/aromatic N) is 3. The van der Waals surface area contributed by atoms with Crippen molar-refractivity contribution in [2.75, 3.05) is 13.1 Å². The third kappa shape index (κ3) is 4.28. The van der Waals surface area contributed by atoms with Gasteiger partial charge in [-0.1, -0.05) is 31.8 Å². The first-order valence-electron chi connectivity index (χ1n) is 9.64. The normalized spacial score (nSPS) is 18.6. The van der Waals surface area contributed by atoms with Gasteiger partial charge in [-0.15, -0.1) is 0 Å². The van der Waals surface area contributed by atoms with Crippen LogP contribution >= 0.6 is 0 Å². The SMILES string of the molecule is CC(C)c1noc(CCC(=O)NCCCN2C(=O)NC3(CCCC3)C2=O)n1. The van der Waals surface area contributed by atoms with E-state index in [0.29, 0.717) is 37.6 Å². The summed E-state index contributed by atoms with van der Waals surface area (Å²) in [6.45, 7) is 4.67. The molecule has 0 aromatic carbocycles. The zero-order valence-electron chi connectivity index (χ0n) is 15.9. The number of nitrogens with one attached hydrogen (secondary N) is 2. The minimum absolute atomic E-state index is 0.117. The summed E-state index contributed by atoms with van der Waals surface area (Å²) >= 11 is 0. The van der Waals surface area contributed by atoms with E-state index in [1.54, 1.807) is 0 Å². The van der Waals surface area contributed by atoms with Gasteiger partial charge >= 0.3 is 6.03 Å². The van der Waals surface area contributed by atoms with Crippen LogP contribution in [-0.4, -0.2) is 51.5 Å². The van der Waals surface area contributed by atoms with Crippen molar-refractivity contribution in [1.82, 2.24) is 25.7 Å². The van der Waals surface area contributed by atoms with Crippen LogP contribution in [0.2, 0.25) is 0 Å². The minimum Gasteiger partial charge on any atom is -0.356 e. The molecule has 1 saturated heterocycles. The van der Waals surface area contributed by atoms with Crippen LogP contribution in [0, 0.1) is 0 Å². The molecule has 27 heavy (non-hydrogen) atoms. The van der Waals surface area contributed by atoms with Gasteiger partial charge in [0.25, 0.3) is 5.91 Å². The van der Waals surface area contributed by atoms with E-state index in [0.717, 1.165) is 25.7 Å². The lowest BCUT2D eigenvalue weighted by molar-refractivity contribution is -0.131. The number of hydrogen-bond donors (Lipinski definition) is 2. The summed E-state index contributed by atoms with van der Waals surface area (Å²) < 4.78 is 5.11. The number of hydrogen-bond acceptors (Lipinski definition) is 6. The molecule has 0 bridgehead atoms. The number of carbonyl (C=O) groups excluding carboxylic acids is 3. The summed E-state index contributed by atoms with van der Waals surface area (Å²) in [6, 6.07) is -0.314. The highest BCUT2D eigenvalue weighted by Gasteiger charge is 2.51. The van der Waals surface area contributed by atoms with Crippen molar-refractivity contribution < 1.29 is 18.9 Å². The molecule has 1 aromatic heterocycles. The van der Waals surface area contributed by atoms with Gasteiger partial charge in [0.05, 0.1) is 0 Å². The second-order valence-corrected chi connectivity index (χ2v) is 7.58. The van der Waals surface area contributed by atoms with Crippen molar-refractivity contribution in [1.29, 1.82) is 0 Å². The molecule has 0 unspecified atom stereocenters. The average molecular weight is 377 g/mol. The maximum atomic E-state index is 12.5. The molecule has 1 aliphatic carbocycles. The zero-order valence-corrected chi connectivity index (χ0v) is 15.9. The molecule has 2 N–H and O–H groups in total. The topological polar surface area (TPSA) is 117 Å². The molecule has 148 valence electrons. The Kier molecular flexibility index (Phi) is 5.76. The monoisotopic (exact) mass is 377 g/mol. The van der Waals surface area contributed by atoms with E-state index < -0.39 is 5.54 Å². The van der Waals surface area contributed by atoms with Crippen molar-refractivity contribution >= 4 is 17.8 Å². The Balaban J connectivity index is 1.35. The molecule has 9 nitrogen and oxygen atoms in total. The summed E-state index contributed by atoms with van der Waals surface area (Å²) in [7, 11) is 0. The Morgan fingerprint density at radius 3 is 2.74 bits per heavy atom. The van der Waals surface area contributed by atoms with Gasteiger partial charge in [0.15, 0.2) is 5.82 Å². The number of amides is 4. The summed E-state index contributed by atoms with van der Waals surface area (Å²) in [5, 5.41) is 9.52. The number of imide groups is 1. The van der Waals surface area contributed by atoms with Gasteiger partial charge in [0, 0.05) is 31.8 Å². The fraction of sp³-hybridized carbons (Fsp3) is 0.722. The van der Waals surface area contributed by atoms with Crippen molar-refractivity contribution in [3.05, 3.63) is 11.7 Å². The van der Waals surface area contributed by atoms with Crippen LogP contribution in [0.4, 0.5) is 4.79 Å². The van der Waals surface area contributed by atoms with Crippen LogP contribution in [0.1, 0.15) is 70.0 Å². The average Bonchev–Trinajstić information content (AvgIpc) is 3.33. The lowest BCUT2D eigenvalue weighted by Gasteiger charge is -2.20. The van der Waals surface area contributed by atoms with Gasteiger partial charge in [0.1, 0.15) is 5.54 Å². The second kappa shape index (κ2) is 8.06. The fourth-order valence-electron chi connectivity index (χ4n) is 3.57. The molecular weight excluding hydrogens is 350 g/mol. The maximum absolute atomic E-state index is 12.5. The molecular formula is C18H27N5O4. The van der Waals surface area contributed by atoms with E-state index in [-0.39, 0.29) is 30.2 Å². The van der Waals surface area contributed by atoms with E-state index in [4.69, 9.17) is 4.52 Å². The maximum Gasteiger partial charge on any atom is 0.325 e. The first kappa shape index (κ1) is 19.3. The summed E-state index contributed by atoms with van der Waals surface area (Å²) in [5.41, 5.74) is -0.667. The number of urea groups is 1. The number of carbonyl (C=O) groups is 3. The molecule has 1 saturated carbocycles. The van der Waals surface area contributed by atoms with E-state index in [1.807, 2.05) is 13.8 Å². The Bertz CT molecular complexity index is 708. The molecule has 1 aliphatic heterocycles. The second-order valence-electron chi connectivity index (χ2n) is 7.58. The number of aromatic nitrogens is 2. The smallest absolute Gasteiger partial charge is 0.325 e. The lowest BCUT2D eigenvalue weighted by atomic mass is 9.98. The fourth-order valence-corrected chi connectivity index (χ4v) is 3.57. The summed E-state index contributed by atoms with van der Waals surface area (Å²) in [5.74, 6) is 1.04. The quantitative estimate of drug-likeness (QED) is 0.524. The van der Waals surface area contributed by atoms with Crippen LogP contribution in [0.15, 0.2) is 4.52 Å². The Labute approximate surface area is 158 Å². The van der Waals surface area contributed by atoms with Gasteiger partial charge in [-0.3, -0.25) is 14.5 Å². The Morgan fingerprint density at radius 2 is 2.07 bits per heavy atom. The molecule has 2 fully saturated rings. The van der Waals surface area contributed by atoms with Crippen LogP contribution in [-0.2, 0) is 16.0 Å². The molecule has 3 rings (SSSR count). The van der Waals surface area contributed by atoms with Crippen LogP contribution in [0.3, 0.4) is 0 Å². The van der Waals surface area contributed by atoms with Crippen molar-refractivity contribution in [3.8, 4) is 0 Å². The molecule has 4 amide bonds. The largest absolute Gasteiger partial charge is 0.356 e. The summed E-state index contributed by atoms with van der Waals surface area (Å²) in [4.78, 5) is 42.0. The standard InChI is InChI=1S/C18H27N5O4/c1-12(2)15-20-14(27-22-15)7-6-13(24)19-10-5-11-23-16(25)18(21-17(23)26)8-3-4-9-18/h12H,3-11H2,1-2H3,(H,19,24)(H,21,26). The van der Waals surface area contributed by atoms with Crippen molar-refractivity contribution in [3.63, 3.8) is 0 Å². The van der Waals surface area contributed by atoms with Crippen LogP contribution < -0.4 is 10.6 Å². The molecule has 2 aliphatic rings. The molecule has 2 heterocycles. The van der Waals surface area contributed by atoms with Gasteiger partial charge in [0.2, 0.25) is 11.8 Å². The van der Waals surface area contributed by atoms with Gasteiger partial charge in [-0.2, -0.15) is 4.98 Å². The molecule has 9 heteroatoms. The first-order chi connectivity index (χ1) is 12.9. The number of rotatable bonds is 8. The molecule has 1 aromatic rings. The van der Waals surface area contributed by atoms with Crippen LogP contribution in [0.25, 0.3) is 0 Å². The third-order valence-corrected chi connectivity index (χ3v) is 5.15. The summed E-state index contributed by atoms with van der Waals surface area (Å²) in [6.07, 6.45) is 4.55. The molecule has 0 atom stereocenters. The highest BCUT2D eigenvalue weighted by molar-refractivity contribution is 6.07. The molecule has 0 radical (unpaired) electrons. The number of aryl methyl sites for hydroxylation is 1. The molecule has 1 spiro atoms. The third-order valence-electron chi connectivity index (χ3n) is 5.15. The predicted octanol–water partition coefficient (Wildman–Crippen LogP) is 1.50. The van der Waals surface area contributed by atoms with Gasteiger partial charge in [-0.25, -0.2) is 4.79 Å². The highest BCUT2D eigenvalue weighted by atomic mass is 16.5. The zero-order chi connectivity index (χ0) is 19.4. The van der Waals surface area contributed by atoms with Gasteiger partial charge < -0.3 is 15.2 Å². The van der Waals surface area contributed by atoms with Crippen molar-refractivity contribution in [2.24, 2.45) is 0 Å². The lowest BCUT2D eigenvalue weighted by Crippen LogP contribution is -2.44. The van der Waals surface area contributed by atoms with E-state index in [2.05, 4.69) is 20.8 Å². The van der Waals surface area contributed by atoms with E-state index in [1.165, 1.54) is 4.90 Å². The van der Waals surface area contributed by atoms with E-state index >= 15 is 0 Å². The van der Waals surface area contributed by atoms with Gasteiger partial charge in [-0.05, 0) is 19.3 Å². The van der Waals surface area contributed by atoms with E-state index in [9.17, 15) is 14.4 Å².